The smallest absolute Gasteiger partial charge is 0.261 e. The average molecular weight is 464 g/mol. The molecule has 2 amide bonds. The third-order valence-corrected chi connectivity index (χ3v) is 5.53. The number of carbonyl (C=O) groups is 2. The molecule has 3 rings (SSSR count). The van der Waals surface area contributed by atoms with Gasteiger partial charge in [0.2, 0.25) is 11.8 Å². The van der Waals surface area contributed by atoms with E-state index in [1.54, 1.807) is 12.1 Å². The molecule has 2 heterocycles. The second kappa shape index (κ2) is 9.98. The van der Waals surface area contributed by atoms with Crippen LogP contribution in [0, 0.1) is 0 Å². The summed E-state index contributed by atoms with van der Waals surface area (Å²) in [6.07, 6.45) is 2.58. The van der Waals surface area contributed by atoms with Gasteiger partial charge in [0.15, 0.2) is 0 Å². The Hall–Kier alpha value is -2.26. The summed E-state index contributed by atoms with van der Waals surface area (Å²) in [6.45, 7) is 5.92. The molecule has 1 aromatic carbocycles. The predicted octanol–water partition coefficient (Wildman–Crippen LogP) is 1.22. The fourth-order valence-corrected chi connectivity index (χ4v) is 3.86. The highest BCUT2D eigenvalue weighted by molar-refractivity contribution is 9.10. The predicted molar refractivity (Wildman–Crippen MR) is 115 cm³/mol. The molecule has 1 saturated heterocycles. The van der Waals surface area contributed by atoms with Crippen LogP contribution in [0.4, 0.5) is 0 Å². The number of hydrogen-bond donors (Lipinski definition) is 1. The zero-order valence-corrected chi connectivity index (χ0v) is 18.2. The second-order valence-corrected chi connectivity index (χ2v) is 8.03. The molecule has 9 heteroatoms. The molecule has 0 radical (unpaired) electrons. The molecule has 0 spiro atoms. The summed E-state index contributed by atoms with van der Waals surface area (Å²) < 4.78 is 2.31. The summed E-state index contributed by atoms with van der Waals surface area (Å²) in [5, 5.41) is 3.34. The molecular formula is C20H26BrN5O3. The van der Waals surface area contributed by atoms with Gasteiger partial charge in [-0.25, -0.2) is 4.98 Å². The fourth-order valence-electron chi connectivity index (χ4n) is 3.50. The lowest BCUT2D eigenvalue weighted by molar-refractivity contribution is -0.131. The van der Waals surface area contributed by atoms with Gasteiger partial charge in [0.05, 0.1) is 23.8 Å². The van der Waals surface area contributed by atoms with E-state index in [9.17, 15) is 14.4 Å². The van der Waals surface area contributed by atoms with Gasteiger partial charge in [-0.3, -0.25) is 23.9 Å². The zero-order chi connectivity index (χ0) is 20.8. The number of aryl methyl sites for hydroxylation is 1. The Morgan fingerprint density at radius 1 is 1.21 bits per heavy atom. The Morgan fingerprint density at radius 2 is 2.03 bits per heavy atom. The summed E-state index contributed by atoms with van der Waals surface area (Å²) in [4.78, 5) is 45.3. The van der Waals surface area contributed by atoms with Crippen molar-refractivity contribution in [2.45, 2.75) is 26.3 Å². The van der Waals surface area contributed by atoms with Crippen LogP contribution < -0.4 is 10.9 Å². The number of likely N-dealkylation sites (N-methyl/N-ethyl adjacent to an activating group) is 1. The molecule has 1 aliphatic rings. The van der Waals surface area contributed by atoms with Crippen LogP contribution in [0.5, 0.6) is 0 Å². The first-order chi connectivity index (χ1) is 14.0. The zero-order valence-electron chi connectivity index (χ0n) is 16.6. The van der Waals surface area contributed by atoms with E-state index >= 15 is 0 Å². The van der Waals surface area contributed by atoms with Gasteiger partial charge in [-0.05, 0) is 31.5 Å². The quantitative estimate of drug-likeness (QED) is 0.695. The van der Waals surface area contributed by atoms with Crippen LogP contribution >= 0.6 is 15.9 Å². The number of fused-ring (bicyclic) bond motifs is 1. The van der Waals surface area contributed by atoms with Crippen LogP contribution in [0.2, 0.25) is 0 Å². The van der Waals surface area contributed by atoms with Crippen LogP contribution in [0.3, 0.4) is 0 Å². The molecule has 0 bridgehead atoms. The van der Waals surface area contributed by atoms with Gasteiger partial charge in [-0.1, -0.05) is 15.9 Å². The van der Waals surface area contributed by atoms with Crippen molar-refractivity contribution in [2.24, 2.45) is 0 Å². The molecule has 0 aliphatic carbocycles. The molecule has 29 heavy (non-hydrogen) atoms. The molecule has 1 aromatic heterocycles. The van der Waals surface area contributed by atoms with Gasteiger partial charge >= 0.3 is 0 Å². The van der Waals surface area contributed by atoms with Crippen molar-refractivity contribution in [3.8, 4) is 0 Å². The van der Waals surface area contributed by atoms with E-state index in [0.717, 1.165) is 17.4 Å². The van der Waals surface area contributed by atoms with Crippen molar-refractivity contribution in [1.82, 2.24) is 24.7 Å². The first kappa shape index (κ1) is 21.4. The number of carbonyl (C=O) groups excluding carboxylic acids is 2. The van der Waals surface area contributed by atoms with E-state index in [1.807, 2.05) is 17.9 Å². The number of amides is 2. The van der Waals surface area contributed by atoms with Gasteiger partial charge in [0.25, 0.3) is 5.56 Å². The molecule has 1 N–H and O–H groups in total. The summed E-state index contributed by atoms with van der Waals surface area (Å²) in [5.74, 6) is 0.0354. The maximum Gasteiger partial charge on any atom is 0.261 e. The van der Waals surface area contributed by atoms with Crippen molar-refractivity contribution in [3.05, 3.63) is 39.4 Å². The van der Waals surface area contributed by atoms with E-state index in [0.29, 0.717) is 50.2 Å². The molecule has 0 saturated carbocycles. The maximum atomic E-state index is 12.7. The largest absolute Gasteiger partial charge is 0.355 e. The van der Waals surface area contributed by atoms with Crippen molar-refractivity contribution in [2.75, 3.05) is 39.3 Å². The number of benzene rings is 1. The van der Waals surface area contributed by atoms with Crippen molar-refractivity contribution in [3.63, 3.8) is 0 Å². The van der Waals surface area contributed by atoms with Crippen molar-refractivity contribution >= 4 is 38.6 Å². The average Bonchev–Trinajstić information content (AvgIpc) is 2.93. The number of aromatic nitrogens is 2. The molecule has 156 valence electrons. The van der Waals surface area contributed by atoms with Crippen molar-refractivity contribution < 1.29 is 9.59 Å². The fraction of sp³-hybridized carbons (Fsp3) is 0.500. The summed E-state index contributed by atoms with van der Waals surface area (Å²) in [6, 6.07) is 5.39. The van der Waals surface area contributed by atoms with Gasteiger partial charge in [0.1, 0.15) is 0 Å². The number of hydrogen-bond acceptors (Lipinski definition) is 5. The monoisotopic (exact) mass is 463 g/mol. The first-order valence-corrected chi connectivity index (χ1v) is 10.7. The second-order valence-electron chi connectivity index (χ2n) is 7.12. The summed E-state index contributed by atoms with van der Waals surface area (Å²) in [7, 11) is 0. The van der Waals surface area contributed by atoms with Gasteiger partial charge in [-0.2, -0.15) is 0 Å². The first-order valence-electron chi connectivity index (χ1n) is 9.89. The molecule has 1 fully saturated rings. The van der Waals surface area contributed by atoms with Gasteiger partial charge < -0.3 is 10.2 Å². The third-order valence-electron chi connectivity index (χ3n) is 5.04. The van der Waals surface area contributed by atoms with E-state index in [2.05, 4.69) is 31.1 Å². The Morgan fingerprint density at radius 3 is 2.83 bits per heavy atom. The SMILES string of the molecule is CCNC(=O)CN1CCCN(C(=O)CCn2cnc3ccc(Br)cc3c2=O)CC1. The number of rotatable bonds is 6. The Balaban J connectivity index is 1.57. The van der Waals surface area contributed by atoms with E-state index in [-0.39, 0.29) is 23.8 Å². The molecular weight excluding hydrogens is 438 g/mol. The molecule has 1 aliphatic heterocycles. The Labute approximate surface area is 178 Å². The standard InChI is InChI=1S/C20H26BrN5O3/c1-2-22-18(27)13-24-7-3-8-25(11-10-24)19(28)6-9-26-14-23-17-5-4-15(21)12-16(17)20(26)29/h4-5,12,14H,2-3,6-11,13H2,1H3,(H,22,27). The number of nitrogens with one attached hydrogen (secondary N) is 1. The molecule has 2 aromatic rings. The molecule has 0 atom stereocenters. The van der Waals surface area contributed by atoms with Crippen molar-refractivity contribution in [1.29, 1.82) is 0 Å². The van der Waals surface area contributed by atoms with E-state index in [4.69, 9.17) is 0 Å². The number of halogens is 1. The number of nitrogens with zero attached hydrogens (tertiary/aromatic N) is 4. The van der Waals surface area contributed by atoms with Crippen LogP contribution in [0.15, 0.2) is 33.8 Å². The highest BCUT2D eigenvalue weighted by Crippen LogP contribution is 2.15. The maximum absolute atomic E-state index is 12.7. The normalized spacial score (nSPS) is 15.3. The van der Waals surface area contributed by atoms with Gasteiger partial charge in [0, 0.05) is 50.2 Å². The highest BCUT2D eigenvalue weighted by Gasteiger charge is 2.20. The van der Waals surface area contributed by atoms with E-state index in [1.165, 1.54) is 10.9 Å². The van der Waals surface area contributed by atoms with Crippen LogP contribution in [0.1, 0.15) is 19.8 Å². The lowest BCUT2D eigenvalue weighted by atomic mass is 10.2. The Bertz CT molecular complexity index is 945. The minimum atomic E-state index is -0.145. The summed E-state index contributed by atoms with van der Waals surface area (Å²) in [5.41, 5.74) is 0.494. The molecule has 8 nitrogen and oxygen atoms in total. The third kappa shape index (κ3) is 5.63. The minimum absolute atomic E-state index is 0.0158. The lowest BCUT2D eigenvalue weighted by Crippen LogP contribution is -2.40. The highest BCUT2D eigenvalue weighted by atomic mass is 79.9. The minimum Gasteiger partial charge on any atom is -0.355 e. The molecule has 0 unspecified atom stereocenters. The Kier molecular flexibility index (Phi) is 7.38. The van der Waals surface area contributed by atoms with Crippen LogP contribution in [-0.2, 0) is 16.1 Å². The van der Waals surface area contributed by atoms with Crippen LogP contribution in [0.25, 0.3) is 10.9 Å². The van der Waals surface area contributed by atoms with Gasteiger partial charge in [-0.15, -0.1) is 0 Å². The summed E-state index contributed by atoms with van der Waals surface area (Å²) >= 11 is 3.38. The van der Waals surface area contributed by atoms with E-state index < -0.39 is 0 Å². The topological polar surface area (TPSA) is 87.5 Å². The van der Waals surface area contributed by atoms with Crippen LogP contribution in [-0.4, -0.2) is 70.4 Å². The lowest BCUT2D eigenvalue weighted by Gasteiger charge is -2.22.